The maximum Gasteiger partial charge on any atom is 0.227 e. The largest absolute Gasteiger partial charge is 0.399 e. The molecule has 2 N–H and O–H groups in total. The van der Waals surface area contributed by atoms with Gasteiger partial charge in [-0.25, -0.2) is 0 Å². The Morgan fingerprint density at radius 1 is 1.56 bits per heavy atom. The molecule has 1 aromatic rings. The zero-order valence-corrected chi connectivity index (χ0v) is 10.00. The summed E-state index contributed by atoms with van der Waals surface area (Å²) in [5.41, 5.74) is 8.43. The summed E-state index contributed by atoms with van der Waals surface area (Å²) in [6.07, 6.45) is 0.549. The fourth-order valence-corrected chi connectivity index (χ4v) is 2.17. The Balaban J connectivity index is 2.24. The number of anilines is 2. The third kappa shape index (κ3) is 2.00. The molecule has 0 aromatic heterocycles. The molecule has 1 heterocycles. The van der Waals surface area contributed by atoms with Crippen LogP contribution < -0.4 is 10.6 Å². The number of carbonyl (C=O) groups excluding carboxylic acids is 1. The van der Waals surface area contributed by atoms with E-state index in [-0.39, 0.29) is 11.8 Å². The third-order valence-electron chi connectivity index (χ3n) is 2.99. The van der Waals surface area contributed by atoms with Crippen molar-refractivity contribution in [3.8, 4) is 0 Å². The lowest BCUT2D eigenvalue weighted by atomic mass is 10.1. The van der Waals surface area contributed by atoms with Crippen LogP contribution in [0.3, 0.4) is 0 Å². The minimum atomic E-state index is 0.148. The Morgan fingerprint density at radius 3 is 2.88 bits per heavy atom. The van der Waals surface area contributed by atoms with Crippen LogP contribution >= 0.6 is 11.6 Å². The van der Waals surface area contributed by atoms with E-state index in [0.29, 0.717) is 18.8 Å². The number of alkyl halides is 1. The monoisotopic (exact) mass is 238 g/mol. The maximum absolute atomic E-state index is 11.8. The quantitative estimate of drug-likeness (QED) is 0.634. The van der Waals surface area contributed by atoms with Crippen LogP contribution in [0.4, 0.5) is 11.4 Å². The number of rotatable bonds is 2. The van der Waals surface area contributed by atoms with E-state index in [0.717, 1.165) is 16.9 Å². The third-order valence-corrected chi connectivity index (χ3v) is 3.42. The van der Waals surface area contributed by atoms with E-state index in [1.807, 2.05) is 25.1 Å². The number of amides is 1. The van der Waals surface area contributed by atoms with Gasteiger partial charge in [0.1, 0.15) is 0 Å². The van der Waals surface area contributed by atoms with Crippen LogP contribution in [0.2, 0.25) is 0 Å². The predicted octanol–water partition coefficient (Wildman–Crippen LogP) is 2.17. The second-order valence-corrected chi connectivity index (χ2v) is 4.58. The first-order valence-electron chi connectivity index (χ1n) is 5.34. The first-order chi connectivity index (χ1) is 7.61. The number of benzene rings is 1. The van der Waals surface area contributed by atoms with Gasteiger partial charge in [0.2, 0.25) is 5.91 Å². The van der Waals surface area contributed by atoms with Crippen LogP contribution in [-0.4, -0.2) is 18.3 Å². The minimum Gasteiger partial charge on any atom is -0.399 e. The molecule has 1 saturated heterocycles. The molecule has 1 aromatic carbocycles. The molecule has 0 aliphatic carbocycles. The molecule has 0 radical (unpaired) electrons. The topological polar surface area (TPSA) is 46.3 Å². The van der Waals surface area contributed by atoms with E-state index in [1.54, 1.807) is 4.90 Å². The van der Waals surface area contributed by atoms with E-state index in [1.165, 1.54) is 0 Å². The first kappa shape index (κ1) is 11.3. The molecule has 4 heteroatoms. The zero-order valence-electron chi connectivity index (χ0n) is 9.24. The Morgan fingerprint density at radius 2 is 2.31 bits per heavy atom. The number of carbonyl (C=O) groups is 1. The SMILES string of the molecule is Cc1cc(N2CC(CCl)CC2=O)ccc1N. The summed E-state index contributed by atoms with van der Waals surface area (Å²) in [7, 11) is 0. The van der Waals surface area contributed by atoms with Gasteiger partial charge in [-0.2, -0.15) is 0 Å². The molecule has 1 atom stereocenters. The van der Waals surface area contributed by atoms with Crippen LogP contribution in [0.25, 0.3) is 0 Å². The molecular formula is C12H15ClN2O. The van der Waals surface area contributed by atoms with Crippen molar-refractivity contribution >= 4 is 28.9 Å². The second kappa shape index (κ2) is 4.34. The van der Waals surface area contributed by atoms with Gasteiger partial charge in [0.15, 0.2) is 0 Å². The van der Waals surface area contributed by atoms with Crippen molar-refractivity contribution in [3.05, 3.63) is 23.8 Å². The molecule has 0 saturated carbocycles. The standard InChI is InChI=1S/C12H15ClN2O/c1-8-4-10(2-3-11(8)14)15-7-9(6-13)5-12(15)16/h2-4,9H,5-7,14H2,1H3. The van der Waals surface area contributed by atoms with E-state index < -0.39 is 0 Å². The number of nitrogen functional groups attached to an aromatic ring is 1. The molecule has 3 nitrogen and oxygen atoms in total. The molecule has 0 spiro atoms. The lowest BCUT2D eigenvalue weighted by molar-refractivity contribution is -0.117. The summed E-state index contributed by atoms with van der Waals surface area (Å²) in [4.78, 5) is 13.6. The second-order valence-electron chi connectivity index (χ2n) is 4.27. The van der Waals surface area contributed by atoms with Crippen LogP contribution in [0.1, 0.15) is 12.0 Å². The molecule has 86 valence electrons. The van der Waals surface area contributed by atoms with Crippen molar-refractivity contribution < 1.29 is 4.79 Å². The van der Waals surface area contributed by atoms with Crippen molar-refractivity contribution in [1.29, 1.82) is 0 Å². The number of hydrogen-bond donors (Lipinski definition) is 1. The van der Waals surface area contributed by atoms with Crippen molar-refractivity contribution in [2.75, 3.05) is 23.1 Å². The summed E-state index contributed by atoms with van der Waals surface area (Å²) in [5.74, 6) is 0.956. The molecule has 1 unspecified atom stereocenters. The zero-order chi connectivity index (χ0) is 11.7. The number of hydrogen-bond acceptors (Lipinski definition) is 2. The highest BCUT2D eigenvalue weighted by molar-refractivity contribution is 6.18. The van der Waals surface area contributed by atoms with Gasteiger partial charge < -0.3 is 10.6 Å². The molecule has 16 heavy (non-hydrogen) atoms. The Kier molecular flexibility index (Phi) is 3.06. The van der Waals surface area contributed by atoms with Crippen LogP contribution in [0.15, 0.2) is 18.2 Å². The number of nitrogens with two attached hydrogens (primary N) is 1. The first-order valence-corrected chi connectivity index (χ1v) is 5.87. The fraction of sp³-hybridized carbons (Fsp3) is 0.417. The van der Waals surface area contributed by atoms with Crippen LogP contribution in [0.5, 0.6) is 0 Å². The average molecular weight is 239 g/mol. The summed E-state index contributed by atoms with van der Waals surface area (Å²) in [5, 5.41) is 0. The molecule has 2 rings (SSSR count). The molecular weight excluding hydrogens is 224 g/mol. The lowest BCUT2D eigenvalue weighted by Gasteiger charge is -2.17. The maximum atomic E-state index is 11.8. The Bertz CT molecular complexity index is 419. The van der Waals surface area contributed by atoms with Crippen LogP contribution in [-0.2, 0) is 4.79 Å². The highest BCUT2D eigenvalue weighted by Gasteiger charge is 2.29. The van der Waals surface area contributed by atoms with E-state index >= 15 is 0 Å². The van der Waals surface area contributed by atoms with E-state index in [9.17, 15) is 4.79 Å². The van der Waals surface area contributed by atoms with Gasteiger partial charge >= 0.3 is 0 Å². The normalized spacial score (nSPS) is 20.5. The fourth-order valence-electron chi connectivity index (χ4n) is 1.96. The Labute approximate surface area is 100 Å². The van der Waals surface area contributed by atoms with Gasteiger partial charge in [0, 0.05) is 30.2 Å². The van der Waals surface area contributed by atoms with Gasteiger partial charge in [0.05, 0.1) is 0 Å². The number of halogens is 1. The van der Waals surface area contributed by atoms with Gasteiger partial charge in [-0.3, -0.25) is 4.79 Å². The lowest BCUT2D eigenvalue weighted by Crippen LogP contribution is -2.24. The Hall–Kier alpha value is -1.22. The minimum absolute atomic E-state index is 0.148. The predicted molar refractivity (Wildman–Crippen MR) is 66.8 cm³/mol. The summed E-state index contributed by atoms with van der Waals surface area (Å²) in [6.45, 7) is 2.66. The molecule has 1 amide bonds. The van der Waals surface area contributed by atoms with Gasteiger partial charge in [-0.15, -0.1) is 11.6 Å². The number of nitrogens with zero attached hydrogens (tertiary/aromatic N) is 1. The van der Waals surface area contributed by atoms with E-state index in [4.69, 9.17) is 17.3 Å². The van der Waals surface area contributed by atoms with Crippen LogP contribution in [0, 0.1) is 12.8 Å². The summed E-state index contributed by atoms with van der Waals surface area (Å²) < 4.78 is 0. The molecule has 1 aliphatic heterocycles. The van der Waals surface area contributed by atoms with Crippen molar-refractivity contribution in [2.24, 2.45) is 5.92 Å². The van der Waals surface area contributed by atoms with Gasteiger partial charge in [-0.1, -0.05) is 0 Å². The summed E-state index contributed by atoms with van der Waals surface area (Å²) in [6, 6.07) is 5.67. The highest BCUT2D eigenvalue weighted by atomic mass is 35.5. The van der Waals surface area contributed by atoms with Crippen molar-refractivity contribution in [3.63, 3.8) is 0 Å². The average Bonchev–Trinajstić information content (AvgIpc) is 2.64. The van der Waals surface area contributed by atoms with Crippen molar-refractivity contribution in [2.45, 2.75) is 13.3 Å². The van der Waals surface area contributed by atoms with Gasteiger partial charge in [-0.05, 0) is 36.6 Å². The molecule has 1 aliphatic rings. The highest BCUT2D eigenvalue weighted by Crippen LogP contribution is 2.27. The number of aryl methyl sites for hydroxylation is 1. The van der Waals surface area contributed by atoms with Gasteiger partial charge in [0.25, 0.3) is 0 Å². The van der Waals surface area contributed by atoms with Crippen molar-refractivity contribution in [1.82, 2.24) is 0 Å². The smallest absolute Gasteiger partial charge is 0.227 e. The molecule has 0 bridgehead atoms. The summed E-state index contributed by atoms with van der Waals surface area (Å²) >= 11 is 5.78. The van der Waals surface area contributed by atoms with E-state index in [2.05, 4.69) is 0 Å². The molecule has 1 fully saturated rings.